The van der Waals surface area contributed by atoms with Crippen LogP contribution in [0.25, 0.3) is 0 Å². The largest absolute Gasteiger partial charge is 0.460 e. The molecule has 0 amide bonds. The second-order valence-corrected chi connectivity index (χ2v) is 7.77. The van der Waals surface area contributed by atoms with E-state index in [1.807, 2.05) is 30.3 Å². The number of hydrogen-bond donors (Lipinski definition) is 0. The average molecular weight is 463 g/mol. The van der Waals surface area contributed by atoms with Gasteiger partial charge in [-0.15, -0.1) is 6.58 Å². The molecule has 6 atom stereocenters. The summed E-state index contributed by atoms with van der Waals surface area (Å²) in [5, 5.41) is 0. The molecule has 182 valence electrons. The molecule has 0 spiro atoms. The molecule has 1 aliphatic heterocycles. The fraction of sp³-hybridized carbons (Fsp3) is 0.520. The lowest BCUT2D eigenvalue weighted by Gasteiger charge is -2.33. The van der Waals surface area contributed by atoms with Crippen molar-refractivity contribution in [2.75, 3.05) is 13.9 Å². The van der Waals surface area contributed by atoms with Gasteiger partial charge in [-0.2, -0.15) is 0 Å². The Labute approximate surface area is 195 Å². The van der Waals surface area contributed by atoms with E-state index in [9.17, 15) is 9.59 Å². The number of rotatable bonds is 14. The second kappa shape index (κ2) is 13.9. The van der Waals surface area contributed by atoms with Crippen LogP contribution in [0.3, 0.4) is 0 Å². The molecule has 0 aromatic heterocycles. The van der Waals surface area contributed by atoms with Crippen LogP contribution >= 0.6 is 0 Å². The molecule has 1 saturated heterocycles. The number of hydrogen-bond acceptors (Lipinski definition) is 8. The molecule has 0 radical (unpaired) electrons. The first-order valence-electron chi connectivity index (χ1n) is 10.9. The Morgan fingerprint density at radius 3 is 2.55 bits per heavy atom. The normalized spacial score (nSPS) is 22.7. The second-order valence-electron chi connectivity index (χ2n) is 7.77. The fourth-order valence-corrected chi connectivity index (χ4v) is 3.75. The molecular formula is C25H34O8. The Balaban J connectivity index is 2.28. The van der Waals surface area contributed by atoms with Crippen molar-refractivity contribution in [3.8, 4) is 0 Å². The smallest absolute Gasteiger partial charge is 0.330 e. The zero-order valence-corrected chi connectivity index (χ0v) is 19.5. The zero-order chi connectivity index (χ0) is 24.2. The number of carbonyl (C=O) groups is 2. The van der Waals surface area contributed by atoms with Crippen molar-refractivity contribution in [1.29, 1.82) is 0 Å². The highest BCUT2D eigenvalue weighted by Gasteiger charge is 2.47. The van der Waals surface area contributed by atoms with Crippen LogP contribution in [0.5, 0.6) is 0 Å². The molecule has 33 heavy (non-hydrogen) atoms. The van der Waals surface area contributed by atoms with Gasteiger partial charge in [0.15, 0.2) is 0 Å². The molecule has 8 heteroatoms. The summed E-state index contributed by atoms with van der Waals surface area (Å²) in [5.41, 5.74) is 1.00. The SMILES string of the molecule is C=CC[C@@H](OC(=O)C=C)[C@@H](OCOC)[C@@H]1O[C@@H]([C@H](C)OC(C)=O)C[C@@H]1OCc1ccccc1. The molecule has 1 fully saturated rings. The van der Waals surface area contributed by atoms with E-state index in [0.717, 1.165) is 11.6 Å². The van der Waals surface area contributed by atoms with Crippen molar-refractivity contribution in [1.82, 2.24) is 0 Å². The summed E-state index contributed by atoms with van der Waals surface area (Å²) in [5.74, 6) is -0.981. The van der Waals surface area contributed by atoms with E-state index in [4.69, 9.17) is 28.4 Å². The quantitative estimate of drug-likeness (QED) is 0.180. The lowest BCUT2D eigenvalue weighted by Crippen LogP contribution is -2.47. The summed E-state index contributed by atoms with van der Waals surface area (Å²) in [6, 6.07) is 9.74. The Hall–Kier alpha value is -2.52. The molecule has 8 nitrogen and oxygen atoms in total. The first-order chi connectivity index (χ1) is 15.9. The number of benzene rings is 1. The molecule has 0 saturated carbocycles. The zero-order valence-electron chi connectivity index (χ0n) is 19.5. The Morgan fingerprint density at radius 2 is 1.94 bits per heavy atom. The van der Waals surface area contributed by atoms with E-state index in [-0.39, 0.29) is 6.79 Å². The molecule has 0 aliphatic carbocycles. The van der Waals surface area contributed by atoms with E-state index in [2.05, 4.69) is 13.2 Å². The van der Waals surface area contributed by atoms with Gasteiger partial charge >= 0.3 is 11.9 Å². The lowest BCUT2D eigenvalue weighted by molar-refractivity contribution is -0.197. The van der Waals surface area contributed by atoms with Gasteiger partial charge in [0.1, 0.15) is 31.2 Å². The highest BCUT2D eigenvalue weighted by Crippen LogP contribution is 2.33. The van der Waals surface area contributed by atoms with E-state index in [0.29, 0.717) is 19.4 Å². The highest BCUT2D eigenvalue weighted by atomic mass is 16.7. The van der Waals surface area contributed by atoms with Crippen molar-refractivity contribution in [2.45, 2.75) is 69.9 Å². The number of esters is 2. The van der Waals surface area contributed by atoms with Gasteiger partial charge in [-0.1, -0.05) is 43.0 Å². The van der Waals surface area contributed by atoms with Crippen LogP contribution in [0.2, 0.25) is 0 Å². The summed E-state index contributed by atoms with van der Waals surface area (Å²) in [4.78, 5) is 23.5. The van der Waals surface area contributed by atoms with Crippen LogP contribution in [0.1, 0.15) is 32.3 Å². The summed E-state index contributed by atoms with van der Waals surface area (Å²) in [6.07, 6.45) is 0.143. The first-order valence-corrected chi connectivity index (χ1v) is 10.9. The van der Waals surface area contributed by atoms with Crippen LogP contribution in [-0.4, -0.2) is 62.5 Å². The number of methoxy groups -OCH3 is 1. The molecule has 0 N–H and O–H groups in total. The molecule has 1 aliphatic rings. The third-order valence-electron chi connectivity index (χ3n) is 5.25. The van der Waals surface area contributed by atoms with Crippen molar-refractivity contribution in [2.24, 2.45) is 0 Å². The standard InChI is InChI=1S/C25H34O8/c1-6-11-20(32-23(27)7-2)24(30-16-28-5)25-22(29-15-19-12-9-8-10-13-19)14-21(33-25)17(3)31-18(4)26/h6-10,12-13,17,20-22,24-25H,1-2,11,14-16H2,3-5H3/t17-,20+,21+,22-,24+,25+/m0/s1. The maximum Gasteiger partial charge on any atom is 0.330 e. The molecule has 0 unspecified atom stereocenters. The Bertz CT molecular complexity index is 765. The molecule has 1 heterocycles. The van der Waals surface area contributed by atoms with Crippen LogP contribution in [0, 0.1) is 0 Å². The molecule has 0 bridgehead atoms. The van der Waals surface area contributed by atoms with Crippen molar-refractivity contribution >= 4 is 11.9 Å². The number of ether oxygens (including phenoxy) is 6. The van der Waals surface area contributed by atoms with Gasteiger partial charge in [0.05, 0.1) is 18.8 Å². The van der Waals surface area contributed by atoms with E-state index in [1.54, 1.807) is 13.0 Å². The predicted octanol–water partition coefficient (Wildman–Crippen LogP) is 3.34. The minimum atomic E-state index is -0.720. The number of carbonyl (C=O) groups excluding carboxylic acids is 2. The van der Waals surface area contributed by atoms with E-state index >= 15 is 0 Å². The van der Waals surface area contributed by atoms with Gasteiger partial charge in [0.25, 0.3) is 0 Å². The minimum absolute atomic E-state index is 0.0423. The molecular weight excluding hydrogens is 428 g/mol. The predicted molar refractivity (Wildman–Crippen MR) is 121 cm³/mol. The molecule has 1 aromatic carbocycles. The Kier molecular flexibility index (Phi) is 11.3. The molecule has 1 aromatic rings. The third-order valence-corrected chi connectivity index (χ3v) is 5.25. The van der Waals surface area contributed by atoms with Gasteiger partial charge in [0, 0.05) is 33.0 Å². The monoisotopic (exact) mass is 462 g/mol. The minimum Gasteiger partial charge on any atom is -0.460 e. The fourth-order valence-electron chi connectivity index (χ4n) is 3.75. The van der Waals surface area contributed by atoms with Crippen LogP contribution in [0.4, 0.5) is 0 Å². The van der Waals surface area contributed by atoms with E-state index in [1.165, 1.54) is 14.0 Å². The summed E-state index contributed by atoms with van der Waals surface area (Å²) >= 11 is 0. The summed E-state index contributed by atoms with van der Waals surface area (Å²) in [6.45, 7) is 10.7. The summed E-state index contributed by atoms with van der Waals surface area (Å²) in [7, 11) is 1.50. The third kappa shape index (κ3) is 8.40. The van der Waals surface area contributed by atoms with Crippen LogP contribution in [0.15, 0.2) is 55.6 Å². The lowest BCUT2D eigenvalue weighted by atomic mass is 9.99. The van der Waals surface area contributed by atoms with Crippen LogP contribution in [-0.2, 0) is 44.6 Å². The van der Waals surface area contributed by atoms with Gasteiger partial charge in [0.2, 0.25) is 0 Å². The van der Waals surface area contributed by atoms with E-state index < -0.39 is 48.6 Å². The average Bonchev–Trinajstić information content (AvgIpc) is 3.22. The Morgan fingerprint density at radius 1 is 1.21 bits per heavy atom. The van der Waals surface area contributed by atoms with Crippen molar-refractivity contribution in [3.05, 3.63) is 61.2 Å². The van der Waals surface area contributed by atoms with Crippen LogP contribution < -0.4 is 0 Å². The van der Waals surface area contributed by atoms with Gasteiger partial charge in [-0.25, -0.2) is 4.79 Å². The first kappa shape index (κ1) is 26.7. The van der Waals surface area contributed by atoms with Gasteiger partial charge in [-0.3, -0.25) is 4.79 Å². The molecule has 2 rings (SSSR count). The van der Waals surface area contributed by atoms with Crippen molar-refractivity contribution < 1.29 is 38.0 Å². The highest BCUT2D eigenvalue weighted by molar-refractivity contribution is 5.81. The topological polar surface area (TPSA) is 89.5 Å². The maximum absolute atomic E-state index is 12.0. The van der Waals surface area contributed by atoms with Gasteiger partial charge < -0.3 is 28.4 Å². The van der Waals surface area contributed by atoms with Crippen molar-refractivity contribution in [3.63, 3.8) is 0 Å². The summed E-state index contributed by atoms with van der Waals surface area (Å²) < 4.78 is 34.5. The maximum atomic E-state index is 12.0. The van der Waals surface area contributed by atoms with Gasteiger partial charge in [-0.05, 0) is 12.5 Å².